The van der Waals surface area contributed by atoms with E-state index in [4.69, 9.17) is 0 Å². The van der Waals surface area contributed by atoms with Crippen molar-refractivity contribution in [2.75, 3.05) is 0 Å². The van der Waals surface area contributed by atoms with Crippen molar-refractivity contribution in [2.45, 2.75) is 6.42 Å². The first-order valence-electron chi connectivity index (χ1n) is 6.72. The number of carbonyl (C=O) groups is 1. The lowest BCUT2D eigenvalue weighted by Gasteiger charge is -1.95. The van der Waals surface area contributed by atoms with Crippen molar-refractivity contribution < 1.29 is 4.79 Å². The molecule has 96 valence electrons. The van der Waals surface area contributed by atoms with Crippen molar-refractivity contribution in [3.05, 3.63) is 77.0 Å². The predicted molar refractivity (Wildman–Crippen MR) is 80.8 cm³/mol. The van der Waals surface area contributed by atoms with Crippen LogP contribution in [0.3, 0.4) is 0 Å². The average molecular weight is 259 g/mol. The molecule has 0 aliphatic heterocycles. The predicted octanol–water partition coefficient (Wildman–Crippen LogP) is 3.99. The van der Waals surface area contributed by atoms with Gasteiger partial charge in [0.1, 0.15) is 0 Å². The first-order valence-corrected chi connectivity index (χ1v) is 6.72. The number of hydrogen-bond donors (Lipinski definition) is 1. The number of fused-ring (bicyclic) bond motifs is 2. The van der Waals surface area contributed by atoms with Gasteiger partial charge in [-0.15, -0.1) is 0 Å². The Kier molecular flexibility index (Phi) is 2.36. The molecule has 3 aromatic rings. The summed E-state index contributed by atoms with van der Waals surface area (Å²) in [5.74, 6) is 0.158. The van der Waals surface area contributed by atoms with E-state index in [1.165, 1.54) is 0 Å². The molecule has 0 atom stereocenters. The third kappa shape index (κ3) is 1.62. The van der Waals surface area contributed by atoms with Crippen LogP contribution in [0.25, 0.3) is 17.0 Å². The highest BCUT2D eigenvalue weighted by atomic mass is 16.1. The van der Waals surface area contributed by atoms with Gasteiger partial charge in [0.15, 0.2) is 5.78 Å². The number of para-hydroxylation sites is 1. The van der Waals surface area contributed by atoms with Crippen LogP contribution in [-0.2, 0) is 6.42 Å². The normalized spacial score (nSPS) is 16.0. The largest absolute Gasteiger partial charge is 0.361 e. The second-order valence-corrected chi connectivity index (χ2v) is 5.12. The Morgan fingerprint density at radius 2 is 1.80 bits per heavy atom. The standard InChI is InChI=1S/C18H13NO/c20-18-13(9-12-5-1-2-7-16(12)18)10-14-11-19-17-8-4-3-6-15(14)17/h1-8,10-11,19H,9H2. The highest BCUT2D eigenvalue weighted by Crippen LogP contribution is 2.29. The van der Waals surface area contributed by atoms with Gasteiger partial charge in [-0.1, -0.05) is 42.5 Å². The number of allylic oxidation sites excluding steroid dienone is 1. The van der Waals surface area contributed by atoms with E-state index in [9.17, 15) is 4.79 Å². The molecular weight excluding hydrogens is 246 g/mol. The number of aromatic nitrogens is 1. The molecule has 2 heteroatoms. The molecule has 0 fully saturated rings. The van der Waals surface area contributed by atoms with E-state index in [1.54, 1.807) is 0 Å². The number of ketones is 1. The van der Waals surface area contributed by atoms with E-state index in [-0.39, 0.29) is 5.78 Å². The molecule has 4 rings (SSSR count). The van der Waals surface area contributed by atoms with Crippen LogP contribution >= 0.6 is 0 Å². The molecule has 2 aromatic carbocycles. The van der Waals surface area contributed by atoms with E-state index < -0.39 is 0 Å². The van der Waals surface area contributed by atoms with Gasteiger partial charge in [0.2, 0.25) is 0 Å². The summed E-state index contributed by atoms with van der Waals surface area (Å²) in [6.07, 6.45) is 4.71. The van der Waals surface area contributed by atoms with Gasteiger partial charge in [-0.05, 0) is 17.7 Å². The van der Waals surface area contributed by atoms with Crippen LogP contribution < -0.4 is 0 Å². The van der Waals surface area contributed by atoms with Gasteiger partial charge in [0, 0.05) is 40.2 Å². The van der Waals surface area contributed by atoms with Crippen molar-refractivity contribution >= 4 is 22.8 Å². The Hall–Kier alpha value is -2.61. The Labute approximate surface area is 116 Å². The molecule has 1 aliphatic carbocycles. The minimum atomic E-state index is 0.158. The Bertz CT molecular complexity index is 854. The van der Waals surface area contributed by atoms with Crippen molar-refractivity contribution in [1.29, 1.82) is 0 Å². The number of hydrogen-bond acceptors (Lipinski definition) is 1. The third-order valence-electron chi connectivity index (χ3n) is 3.89. The lowest BCUT2D eigenvalue weighted by Crippen LogP contribution is -1.94. The zero-order chi connectivity index (χ0) is 13.5. The molecule has 0 saturated carbocycles. The summed E-state index contributed by atoms with van der Waals surface area (Å²) in [5.41, 5.74) is 5.03. The van der Waals surface area contributed by atoms with Gasteiger partial charge in [-0.3, -0.25) is 4.79 Å². The number of nitrogens with one attached hydrogen (secondary N) is 1. The molecule has 1 heterocycles. The topological polar surface area (TPSA) is 32.9 Å². The van der Waals surface area contributed by atoms with Gasteiger partial charge in [0.25, 0.3) is 0 Å². The highest BCUT2D eigenvalue weighted by molar-refractivity contribution is 6.16. The smallest absolute Gasteiger partial charge is 0.189 e. The highest BCUT2D eigenvalue weighted by Gasteiger charge is 2.24. The van der Waals surface area contributed by atoms with E-state index in [2.05, 4.69) is 11.1 Å². The number of benzene rings is 2. The number of H-pyrrole nitrogens is 1. The minimum Gasteiger partial charge on any atom is -0.361 e. The molecule has 1 aromatic heterocycles. The molecule has 0 saturated heterocycles. The summed E-state index contributed by atoms with van der Waals surface area (Å²) >= 11 is 0. The number of rotatable bonds is 1. The van der Waals surface area contributed by atoms with E-state index >= 15 is 0 Å². The van der Waals surface area contributed by atoms with Crippen LogP contribution in [0.4, 0.5) is 0 Å². The minimum absolute atomic E-state index is 0.158. The van der Waals surface area contributed by atoms with E-state index in [1.807, 2.05) is 54.7 Å². The fourth-order valence-electron chi connectivity index (χ4n) is 2.87. The molecule has 0 radical (unpaired) electrons. The first-order chi connectivity index (χ1) is 9.83. The average Bonchev–Trinajstić information content (AvgIpc) is 3.03. The van der Waals surface area contributed by atoms with Crippen molar-refractivity contribution in [3.63, 3.8) is 0 Å². The van der Waals surface area contributed by atoms with Gasteiger partial charge < -0.3 is 4.98 Å². The summed E-state index contributed by atoms with van der Waals surface area (Å²) < 4.78 is 0. The molecule has 0 bridgehead atoms. The fourth-order valence-corrected chi connectivity index (χ4v) is 2.87. The van der Waals surface area contributed by atoms with Crippen LogP contribution in [0.15, 0.2) is 60.3 Å². The SMILES string of the molecule is O=C1C(=Cc2c[nH]c3ccccc23)Cc2ccccc21. The number of Topliss-reactive ketones (excluding diaryl/α,β-unsaturated/α-hetero) is 1. The molecule has 0 spiro atoms. The summed E-state index contributed by atoms with van der Waals surface area (Å²) in [6, 6.07) is 16.0. The Balaban J connectivity index is 1.81. The summed E-state index contributed by atoms with van der Waals surface area (Å²) in [7, 11) is 0. The fraction of sp³-hybridized carbons (Fsp3) is 0.0556. The zero-order valence-electron chi connectivity index (χ0n) is 10.9. The maximum Gasteiger partial charge on any atom is 0.189 e. The van der Waals surface area contributed by atoms with Gasteiger partial charge >= 0.3 is 0 Å². The molecule has 0 amide bonds. The Morgan fingerprint density at radius 3 is 2.70 bits per heavy atom. The molecule has 1 aliphatic rings. The molecule has 20 heavy (non-hydrogen) atoms. The molecule has 0 unspecified atom stereocenters. The maximum atomic E-state index is 12.4. The summed E-state index contributed by atoms with van der Waals surface area (Å²) in [5, 5.41) is 1.16. The third-order valence-corrected chi connectivity index (χ3v) is 3.89. The quantitative estimate of drug-likeness (QED) is 0.658. The maximum absolute atomic E-state index is 12.4. The number of aromatic amines is 1. The van der Waals surface area contributed by atoms with Gasteiger partial charge in [-0.25, -0.2) is 0 Å². The van der Waals surface area contributed by atoms with Crippen molar-refractivity contribution in [1.82, 2.24) is 4.98 Å². The monoisotopic (exact) mass is 259 g/mol. The van der Waals surface area contributed by atoms with E-state index in [0.717, 1.165) is 39.6 Å². The summed E-state index contributed by atoms with van der Waals surface area (Å²) in [4.78, 5) is 15.6. The van der Waals surface area contributed by atoms with Crippen LogP contribution in [0.5, 0.6) is 0 Å². The number of carbonyl (C=O) groups excluding carboxylic acids is 1. The van der Waals surface area contributed by atoms with Crippen LogP contribution in [0, 0.1) is 0 Å². The van der Waals surface area contributed by atoms with E-state index in [0.29, 0.717) is 0 Å². The second kappa shape index (κ2) is 4.20. The lowest BCUT2D eigenvalue weighted by atomic mass is 10.1. The first kappa shape index (κ1) is 11.2. The van der Waals surface area contributed by atoms with Crippen molar-refractivity contribution in [2.24, 2.45) is 0 Å². The lowest BCUT2D eigenvalue weighted by molar-refractivity contribution is 0.104. The van der Waals surface area contributed by atoms with Crippen LogP contribution in [0.2, 0.25) is 0 Å². The van der Waals surface area contributed by atoms with Crippen LogP contribution in [0.1, 0.15) is 21.5 Å². The molecule has 1 N–H and O–H groups in total. The Morgan fingerprint density at radius 1 is 1.00 bits per heavy atom. The summed E-state index contributed by atoms with van der Waals surface area (Å²) in [6.45, 7) is 0. The van der Waals surface area contributed by atoms with Crippen LogP contribution in [-0.4, -0.2) is 10.8 Å². The molecular formula is C18H13NO. The van der Waals surface area contributed by atoms with Crippen molar-refractivity contribution in [3.8, 4) is 0 Å². The molecule has 2 nitrogen and oxygen atoms in total. The van der Waals surface area contributed by atoms with Gasteiger partial charge in [-0.2, -0.15) is 0 Å². The zero-order valence-corrected chi connectivity index (χ0v) is 10.9. The van der Waals surface area contributed by atoms with Gasteiger partial charge in [0.05, 0.1) is 0 Å². The second-order valence-electron chi connectivity index (χ2n) is 5.12.